The summed E-state index contributed by atoms with van der Waals surface area (Å²) >= 11 is 12.2. The van der Waals surface area contributed by atoms with Gasteiger partial charge in [-0.1, -0.05) is 36.0 Å². The monoisotopic (exact) mass is 431 g/mol. The van der Waals surface area contributed by atoms with Crippen LogP contribution in [0.1, 0.15) is 36.0 Å². The molecule has 150 valence electrons. The zero-order valence-electron chi connectivity index (χ0n) is 15.4. The molecule has 0 spiro atoms. The van der Waals surface area contributed by atoms with Gasteiger partial charge >= 0.3 is 0 Å². The number of rotatable bonds is 3. The van der Waals surface area contributed by atoms with E-state index in [-0.39, 0.29) is 38.8 Å². The Balaban J connectivity index is 1.76. The van der Waals surface area contributed by atoms with Crippen molar-refractivity contribution in [3.63, 3.8) is 0 Å². The van der Waals surface area contributed by atoms with Crippen LogP contribution in [0.2, 0.25) is 10.0 Å². The number of anilines is 1. The highest BCUT2D eigenvalue weighted by Gasteiger charge is 2.20. The number of carbonyl (C=O) groups excluding carboxylic acids is 1. The molecule has 1 saturated carbocycles. The van der Waals surface area contributed by atoms with Crippen molar-refractivity contribution in [3.05, 3.63) is 56.2 Å². The first kappa shape index (κ1) is 19.6. The van der Waals surface area contributed by atoms with Crippen LogP contribution in [-0.4, -0.2) is 22.0 Å². The number of hydrogen-bond donors (Lipinski definition) is 4. The lowest BCUT2D eigenvalue weighted by Crippen LogP contribution is -2.32. The van der Waals surface area contributed by atoms with Crippen molar-refractivity contribution < 1.29 is 9.90 Å². The van der Waals surface area contributed by atoms with Gasteiger partial charge in [-0.3, -0.25) is 9.59 Å². The third kappa shape index (κ3) is 3.66. The summed E-state index contributed by atoms with van der Waals surface area (Å²) in [7, 11) is 0. The van der Waals surface area contributed by atoms with Gasteiger partial charge in [0.1, 0.15) is 0 Å². The van der Waals surface area contributed by atoms with Crippen LogP contribution in [0, 0.1) is 0 Å². The van der Waals surface area contributed by atoms with Crippen molar-refractivity contribution >= 4 is 45.7 Å². The molecule has 0 saturated heterocycles. The predicted octanol–water partition coefficient (Wildman–Crippen LogP) is 4.46. The number of nitrogens with two attached hydrogens (primary N) is 1. The number of nitrogen functional groups attached to an aromatic ring is 1. The average molecular weight is 432 g/mol. The number of aromatic amines is 1. The summed E-state index contributed by atoms with van der Waals surface area (Å²) in [6.45, 7) is 0. The number of aromatic hydroxyl groups is 1. The van der Waals surface area contributed by atoms with Gasteiger partial charge in [-0.05, 0) is 43.2 Å². The molecule has 1 aromatic heterocycles. The maximum atomic E-state index is 12.8. The summed E-state index contributed by atoms with van der Waals surface area (Å²) in [5.74, 6) is -0.707. The Morgan fingerprint density at radius 2 is 1.79 bits per heavy atom. The molecule has 8 heteroatoms. The summed E-state index contributed by atoms with van der Waals surface area (Å²) in [6.07, 6.45) is 4.16. The Bertz CT molecular complexity index is 1160. The van der Waals surface area contributed by atoms with E-state index in [2.05, 4.69) is 10.3 Å². The smallest absolute Gasteiger partial charge is 0.251 e. The number of carbonyl (C=O) groups is 1. The first-order valence-electron chi connectivity index (χ1n) is 9.30. The largest absolute Gasteiger partial charge is 0.503 e. The van der Waals surface area contributed by atoms with Gasteiger partial charge < -0.3 is 21.1 Å². The molecule has 29 heavy (non-hydrogen) atoms. The van der Waals surface area contributed by atoms with Gasteiger partial charge in [0.2, 0.25) is 5.43 Å². The molecule has 1 heterocycles. The van der Waals surface area contributed by atoms with E-state index in [1.54, 1.807) is 12.1 Å². The molecule has 0 aliphatic heterocycles. The number of benzene rings is 2. The third-order valence-corrected chi connectivity index (χ3v) is 5.92. The predicted molar refractivity (Wildman–Crippen MR) is 116 cm³/mol. The Kier molecular flexibility index (Phi) is 5.15. The van der Waals surface area contributed by atoms with Crippen LogP contribution in [0.25, 0.3) is 22.2 Å². The van der Waals surface area contributed by atoms with Crippen molar-refractivity contribution in [1.29, 1.82) is 0 Å². The Morgan fingerprint density at radius 1 is 1.14 bits per heavy atom. The number of H-pyrrole nitrogens is 1. The molecule has 1 amide bonds. The SMILES string of the molecule is Nc1c(Cl)cc(-c2[nH]c3ccc(C(=O)NC4CCCC4)cc3c(=O)c2O)cc1Cl. The molecule has 6 nitrogen and oxygen atoms in total. The van der Waals surface area contributed by atoms with Crippen LogP contribution < -0.4 is 16.5 Å². The number of hydrogen-bond acceptors (Lipinski definition) is 4. The highest BCUT2D eigenvalue weighted by Crippen LogP contribution is 2.35. The summed E-state index contributed by atoms with van der Waals surface area (Å²) in [5, 5.41) is 14.1. The van der Waals surface area contributed by atoms with Gasteiger partial charge in [0, 0.05) is 17.2 Å². The fourth-order valence-electron chi connectivity index (χ4n) is 3.69. The molecule has 1 aliphatic carbocycles. The fraction of sp³-hybridized carbons (Fsp3) is 0.238. The summed E-state index contributed by atoms with van der Waals surface area (Å²) in [4.78, 5) is 28.3. The molecule has 0 bridgehead atoms. The molecule has 4 rings (SSSR count). The van der Waals surface area contributed by atoms with E-state index in [0.29, 0.717) is 16.6 Å². The molecule has 0 atom stereocenters. The quantitative estimate of drug-likeness (QED) is 0.458. The van der Waals surface area contributed by atoms with Crippen LogP contribution >= 0.6 is 23.2 Å². The van der Waals surface area contributed by atoms with Crippen molar-refractivity contribution in [2.45, 2.75) is 31.7 Å². The summed E-state index contributed by atoms with van der Waals surface area (Å²) in [5.41, 5.74) is 6.84. The number of aromatic nitrogens is 1. The highest BCUT2D eigenvalue weighted by atomic mass is 35.5. The van der Waals surface area contributed by atoms with Crippen molar-refractivity contribution in [1.82, 2.24) is 10.3 Å². The minimum atomic E-state index is -0.590. The van der Waals surface area contributed by atoms with Gasteiger partial charge in [-0.15, -0.1) is 0 Å². The first-order valence-corrected chi connectivity index (χ1v) is 10.1. The van der Waals surface area contributed by atoms with Crippen molar-refractivity contribution in [3.8, 4) is 17.0 Å². The second-order valence-corrected chi connectivity index (χ2v) is 8.06. The van der Waals surface area contributed by atoms with E-state index in [0.717, 1.165) is 25.7 Å². The first-order chi connectivity index (χ1) is 13.8. The number of nitrogens with one attached hydrogen (secondary N) is 2. The highest BCUT2D eigenvalue weighted by molar-refractivity contribution is 6.39. The lowest BCUT2D eigenvalue weighted by atomic mass is 10.0. The fourth-order valence-corrected chi connectivity index (χ4v) is 4.18. The number of amides is 1. The molecule has 1 fully saturated rings. The molecular weight excluding hydrogens is 413 g/mol. The van der Waals surface area contributed by atoms with E-state index in [4.69, 9.17) is 28.9 Å². The topological polar surface area (TPSA) is 108 Å². The van der Waals surface area contributed by atoms with E-state index in [1.165, 1.54) is 18.2 Å². The molecule has 2 aromatic carbocycles. The zero-order chi connectivity index (χ0) is 20.7. The van der Waals surface area contributed by atoms with E-state index < -0.39 is 11.2 Å². The lowest BCUT2D eigenvalue weighted by Gasteiger charge is -2.13. The maximum absolute atomic E-state index is 12.8. The normalized spacial score (nSPS) is 14.4. The maximum Gasteiger partial charge on any atom is 0.251 e. The van der Waals surface area contributed by atoms with Crippen LogP contribution in [0.4, 0.5) is 5.69 Å². The summed E-state index contributed by atoms with van der Waals surface area (Å²) in [6, 6.07) is 7.99. The lowest BCUT2D eigenvalue weighted by molar-refractivity contribution is 0.0938. The van der Waals surface area contributed by atoms with Crippen molar-refractivity contribution in [2.75, 3.05) is 5.73 Å². The van der Waals surface area contributed by atoms with Gasteiger partial charge in [-0.2, -0.15) is 0 Å². The molecule has 3 aromatic rings. The molecular formula is C21H19Cl2N3O3. The minimum Gasteiger partial charge on any atom is -0.503 e. The number of fused-ring (bicyclic) bond motifs is 1. The van der Waals surface area contributed by atoms with Gasteiger partial charge in [0.25, 0.3) is 5.91 Å². The zero-order valence-corrected chi connectivity index (χ0v) is 16.9. The standard InChI is InChI=1S/C21H19Cl2N3O3/c22-14-8-11(9-15(23)17(14)24)18-20(28)19(27)13-7-10(5-6-16(13)26-18)21(29)25-12-3-1-2-4-12/h5-9,12,28H,1-4,24H2,(H,25,29)(H,26,27). The summed E-state index contributed by atoms with van der Waals surface area (Å²) < 4.78 is 0. The Labute approximate surface area is 176 Å². The van der Waals surface area contributed by atoms with Gasteiger partial charge in [0.15, 0.2) is 5.75 Å². The van der Waals surface area contributed by atoms with Crippen molar-refractivity contribution in [2.24, 2.45) is 0 Å². The molecule has 5 N–H and O–H groups in total. The molecule has 0 unspecified atom stereocenters. The second-order valence-electron chi connectivity index (χ2n) is 7.25. The molecule has 0 radical (unpaired) electrons. The van der Waals surface area contributed by atoms with Crippen LogP contribution in [0.5, 0.6) is 5.75 Å². The van der Waals surface area contributed by atoms with E-state index in [9.17, 15) is 14.7 Å². The van der Waals surface area contributed by atoms with Gasteiger partial charge in [0.05, 0.1) is 32.3 Å². The second kappa shape index (κ2) is 7.61. The van der Waals surface area contributed by atoms with E-state index in [1.807, 2.05) is 0 Å². The number of halogens is 2. The van der Waals surface area contributed by atoms with Crippen LogP contribution in [-0.2, 0) is 0 Å². The average Bonchev–Trinajstić information content (AvgIpc) is 3.21. The number of pyridine rings is 1. The van der Waals surface area contributed by atoms with Gasteiger partial charge in [-0.25, -0.2) is 0 Å². The van der Waals surface area contributed by atoms with E-state index >= 15 is 0 Å². The Hall–Kier alpha value is -2.70. The Morgan fingerprint density at radius 3 is 2.45 bits per heavy atom. The van der Waals surface area contributed by atoms with Crippen LogP contribution in [0.15, 0.2) is 35.1 Å². The third-order valence-electron chi connectivity index (χ3n) is 5.30. The van der Waals surface area contributed by atoms with Crippen LogP contribution in [0.3, 0.4) is 0 Å². The minimum absolute atomic E-state index is 0.173. The molecule has 1 aliphatic rings.